The molecule has 2 saturated carbocycles. The number of para-hydroxylation sites is 1. The van der Waals surface area contributed by atoms with Crippen molar-refractivity contribution in [1.29, 1.82) is 0 Å². The van der Waals surface area contributed by atoms with E-state index in [4.69, 9.17) is 22.1 Å². The molecule has 3 N–H and O–H groups in total. The molecule has 2 aliphatic rings. The quantitative estimate of drug-likeness (QED) is 0.531. The summed E-state index contributed by atoms with van der Waals surface area (Å²) in [6.45, 7) is 0. The van der Waals surface area contributed by atoms with Crippen molar-refractivity contribution in [2.45, 2.75) is 38.1 Å². The van der Waals surface area contributed by atoms with Crippen LogP contribution in [0.4, 0.5) is 11.4 Å². The van der Waals surface area contributed by atoms with Gasteiger partial charge >= 0.3 is 0 Å². The highest BCUT2D eigenvalue weighted by atomic mass is 35.5. The average Bonchev–Trinajstić information content (AvgIpc) is 3.14. The minimum atomic E-state index is -0.590. The summed E-state index contributed by atoms with van der Waals surface area (Å²) in [6.07, 6.45) is 11.8. The highest BCUT2D eigenvalue weighted by Crippen LogP contribution is 2.60. The van der Waals surface area contributed by atoms with E-state index in [1.54, 1.807) is 13.2 Å². The number of carbonyl (C=O) groups excluding carboxylic acids is 1. The largest absolute Gasteiger partial charge is 0.494 e. The van der Waals surface area contributed by atoms with Gasteiger partial charge in [-0.3, -0.25) is 9.48 Å². The molecule has 1 aromatic carbocycles. The number of hydrogen-bond donors (Lipinski definition) is 2. The first-order chi connectivity index (χ1) is 15.0. The van der Waals surface area contributed by atoms with Crippen molar-refractivity contribution < 1.29 is 9.53 Å². The average molecular weight is 438 g/mol. The predicted octanol–water partition coefficient (Wildman–Crippen LogP) is 4.95. The van der Waals surface area contributed by atoms with Crippen LogP contribution in [0.1, 0.15) is 48.5 Å². The molecule has 2 aromatic heterocycles. The lowest BCUT2D eigenvalue weighted by atomic mass is 10.1. The molecule has 1 amide bonds. The van der Waals surface area contributed by atoms with Crippen molar-refractivity contribution in [2.24, 2.45) is 11.1 Å². The second kappa shape index (κ2) is 7.57. The van der Waals surface area contributed by atoms with Crippen molar-refractivity contribution >= 4 is 28.9 Å². The van der Waals surface area contributed by atoms with Crippen molar-refractivity contribution in [3.05, 3.63) is 53.6 Å². The first kappa shape index (κ1) is 19.9. The molecule has 2 fully saturated rings. The summed E-state index contributed by atoms with van der Waals surface area (Å²) >= 11 is 6.03. The molecule has 1 unspecified atom stereocenters. The molecule has 1 atom stereocenters. The Kier molecular flexibility index (Phi) is 4.85. The van der Waals surface area contributed by atoms with Crippen LogP contribution in [0.15, 0.2) is 42.9 Å². The van der Waals surface area contributed by atoms with Gasteiger partial charge in [-0.2, -0.15) is 5.10 Å². The van der Waals surface area contributed by atoms with Gasteiger partial charge in [0.05, 0.1) is 36.3 Å². The molecule has 3 aromatic rings. The number of hydrogen-bond acceptors (Lipinski definition) is 5. The minimum absolute atomic E-state index is 0.250. The van der Waals surface area contributed by atoms with E-state index in [1.165, 1.54) is 38.3 Å². The molecule has 8 heteroatoms. The minimum Gasteiger partial charge on any atom is -0.494 e. The second-order valence-corrected chi connectivity index (χ2v) is 8.92. The Balaban J connectivity index is 1.46. The number of primary amides is 1. The maximum atomic E-state index is 11.8. The van der Waals surface area contributed by atoms with E-state index in [0.717, 1.165) is 11.1 Å². The number of methoxy groups -OCH3 is 1. The van der Waals surface area contributed by atoms with Crippen LogP contribution >= 0.6 is 11.6 Å². The number of amides is 1. The highest BCUT2D eigenvalue weighted by Gasteiger charge is 2.48. The molecular formula is C23H24ClN5O2. The number of aromatic nitrogens is 3. The lowest BCUT2D eigenvalue weighted by molar-refractivity contribution is 0.100. The van der Waals surface area contributed by atoms with Crippen LogP contribution in [-0.2, 0) is 0 Å². The van der Waals surface area contributed by atoms with Crippen LogP contribution < -0.4 is 15.8 Å². The van der Waals surface area contributed by atoms with E-state index in [2.05, 4.69) is 26.3 Å². The zero-order valence-corrected chi connectivity index (χ0v) is 18.0. The van der Waals surface area contributed by atoms with Crippen molar-refractivity contribution in [2.75, 3.05) is 12.4 Å². The van der Waals surface area contributed by atoms with Crippen molar-refractivity contribution in [3.8, 4) is 16.9 Å². The molecule has 0 aliphatic heterocycles. The maximum Gasteiger partial charge on any atom is 0.252 e. The van der Waals surface area contributed by atoms with E-state index >= 15 is 0 Å². The lowest BCUT2D eigenvalue weighted by Crippen LogP contribution is -2.14. The second-order valence-electron chi connectivity index (χ2n) is 8.53. The standard InChI is InChI=1S/C23H24ClN5O2/c1-31-21-16(14-11-27-29(13-14)15-5-6-23(10-15)7-8-23)3-2-4-18(21)28-19-9-20(24)26-12-17(19)22(25)30/h2-4,9,11-13,15H,5-8,10H2,1H3,(H2,25,30)(H,26,28). The van der Waals surface area contributed by atoms with Crippen LogP contribution in [0.25, 0.3) is 11.1 Å². The summed E-state index contributed by atoms with van der Waals surface area (Å²) in [6, 6.07) is 7.84. The Labute approximate surface area is 185 Å². The van der Waals surface area contributed by atoms with Gasteiger partial charge < -0.3 is 15.8 Å². The zero-order valence-electron chi connectivity index (χ0n) is 17.3. The first-order valence-corrected chi connectivity index (χ1v) is 10.8. The number of ether oxygens (including phenoxy) is 1. The molecule has 0 radical (unpaired) electrons. The van der Waals surface area contributed by atoms with Crippen LogP contribution in [0.2, 0.25) is 5.15 Å². The Hall–Kier alpha value is -3.06. The zero-order chi connectivity index (χ0) is 21.6. The smallest absolute Gasteiger partial charge is 0.252 e. The Bertz CT molecular complexity index is 1150. The molecule has 31 heavy (non-hydrogen) atoms. The number of carbonyl (C=O) groups is 1. The number of anilines is 2. The summed E-state index contributed by atoms with van der Waals surface area (Å²) < 4.78 is 7.85. The predicted molar refractivity (Wildman–Crippen MR) is 120 cm³/mol. The Morgan fingerprint density at radius 1 is 1.29 bits per heavy atom. The fourth-order valence-electron chi connectivity index (χ4n) is 4.67. The maximum absolute atomic E-state index is 11.8. The highest BCUT2D eigenvalue weighted by molar-refractivity contribution is 6.29. The van der Waals surface area contributed by atoms with Crippen LogP contribution in [0.3, 0.4) is 0 Å². The number of halogens is 1. The molecule has 2 aliphatic carbocycles. The van der Waals surface area contributed by atoms with E-state index < -0.39 is 5.91 Å². The van der Waals surface area contributed by atoms with Gasteiger partial charge in [0.2, 0.25) is 0 Å². The molecule has 160 valence electrons. The van der Waals surface area contributed by atoms with Gasteiger partial charge in [-0.1, -0.05) is 23.7 Å². The lowest BCUT2D eigenvalue weighted by Gasteiger charge is -2.16. The van der Waals surface area contributed by atoms with Gasteiger partial charge in [0.25, 0.3) is 5.91 Å². The van der Waals surface area contributed by atoms with Crippen LogP contribution in [0.5, 0.6) is 5.75 Å². The van der Waals surface area contributed by atoms with E-state index in [-0.39, 0.29) is 10.7 Å². The third-order valence-electron chi connectivity index (χ3n) is 6.54. The van der Waals surface area contributed by atoms with Gasteiger partial charge in [-0.15, -0.1) is 0 Å². The Morgan fingerprint density at radius 2 is 2.13 bits per heavy atom. The number of pyridine rings is 1. The molecule has 5 rings (SSSR count). The van der Waals surface area contributed by atoms with E-state index in [0.29, 0.717) is 28.6 Å². The number of rotatable bonds is 6. The number of nitrogens with one attached hydrogen (secondary N) is 1. The molecule has 0 saturated heterocycles. The number of benzene rings is 1. The van der Waals surface area contributed by atoms with Crippen LogP contribution in [-0.4, -0.2) is 27.8 Å². The van der Waals surface area contributed by atoms with Crippen molar-refractivity contribution in [1.82, 2.24) is 14.8 Å². The van der Waals surface area contributed by atoms with Gasteiger partial charge in [0.15, 0.2) is 0 Å². The molecule has 0 bridgehead atoms. The third-order valence-corrected chi connectivity index (χ3v) is 6.75. The van der Waals surface area contributed by atoms with Gasteiger partial charge in [0.1, 0.15) is 10.9 Å². The fraction of sp³-hybridized carbons (Fsp3) is 0.348. The third kappa shape index (κ3) is 3.74. The summed E-state index contributed by atoms with van der Waals surface area (Å²) in [5, 5.41) is 8.15. The topological polar surface area (TPSA) is 95.1 Å². The fourth-order valence-corrected chi connectivity index (χ4v) is 4.83. The number of nitrogens with zero attached hydrogens (tertiary/aromatic N) is 3. The summed E-state index contributed by atoms with van der Waals surface area (Å²) in [7, 11) is 1.62. The van der Waals surface area contributed by atoms with Crippen LogP contribution in [0, 0.1) is 5.41 Å². The summed E-state index contributed by atoms with van der Waals surface area (Å²) in [5.74, 6) is 0.0588. The molecule has 7 nitrogen and oxygen atoms in total. The first-order valence-electron chi connectivity index (χ1n) is 10.4. The van der Waals surface area contributed by atoms with Gasteiger partial charge in [0, 0.05) is 23.5 Å². The Morgan fingerprint density at radius 3 is 2.84 bits per heavy atom. The van der Waals surface area contributed by atoms with Gasteiger partial charge in [-0.25, -0.2) is 4.98 Å². The van der Waals surface area contributed by atoms with Crippen molar-refractivity contribution in [3.63, 3.8) is 0 Å². The van der Waals surface area contributed by atoms with E-state index in [9.17, 15) is 4.79 Å². The SMILES string of the molecule is COc1c(Nc2cc(Cl)ncc2C(N)=O)cccc1-c1cnn(C2CCC3(CC3)C2)c1. The van der Waals surface area contributed by atoms with Gasteiger partial charge in [-0.05, 0) is 49.7 Å². The summed E-state index contributed by atoms with van der Waals surface area (Å²) in [5.41, 5.74) is 9.40. The molecule has 1 spiro atoms. The number of nitrogens with two attached hydrogens (primary N) is 1. The monoisotopic (exact) mass is 437 g/mol. The van der Waals surface area contributed by atoms with E-state index in [1.807, 2.05) is 24.4 Å². The summed E-state index contributed by atoms with van der Waals surface area (Å²) in [4.78, 5) is 15.7. The normalized spacial score (nSPS) is 18.8. The molecular weight excluding hydrogens is 414 g/mol. The molecule has 2 heterocycles.